The molecule has 0 aliphatic heterocycles. The van der Waals surface area contributed by atoms with Crippen LogP contribution >= 0.6 is 0 Å². The maximum Gasteiger partial charge on any atom is 0.350 e. The summed E-state index contributed by atoms with van der Waals surface area (Å²) in [5.74, 6) is 0.847. The maximum atomic E-state index is 13.0. The fraction of sp³-hybridized carbons (Fsp3) is 0.261. The van der Waals surface area contributed by atoms with E-state index in [0.29, 0.717) is 28.5 Å². The van der Waals surface area contributed by atoms with Gasteiger partial charge in [-0.05, 0) is 42.1 Å². The number of methoxy groups -OCH3 is 3. The fourth-order valence-electron chi connectivity index (χ4n) is 3.73. The Morgan fingerprint density at radius 3 is 2.38 bits per heavy atom. The van der Waals surface area contributed by atoms with Gasteiger partial charge in [0.2, 0.25) is 5.75 Å². The van der Waals surface area contributed by atoms with Gasteiger partial charge in [0.05, 0.1) is 33.4 Å². The number of carbonyl (C=O) groups excluding carboxylic acids is 1. The van der Waals surface area contributed by atoms with Gasteiger partial charge in [-0.3, -0.25) is 4.79 Å². The first-order valence-corrected chi connectivity index (χ1v) is 10.0. The minimum Gasteiger partial charge on any atom is -0.493 e. The standard InChI is InChI=1S/C23H24N4O5/c1-14-11-15-7-5-6-8-17(15)27-21(14)25-26(23(27)29)10-9-24-22(28)16-12-18(30-2)20(32-4)19(13-16)31-3/h5-8,11-13H,9-10H2,1-4H3,(H,24,28). The minimum absolute atomic E-state index is 0.219. The average Bonchev–Trinajstić information content (AvgIpc) is 3.15. The summed E-state index contributed by atoms with van der Waals surface area (Å²) in [5, 5.41) is 8.25. The summed E-state index contributed by atoms with van der Waals surface area (Å²) in [6, 6.07) is 12.8. The molecule has 0 bridgehead atoms. The highest BCUT2D eigenvalue weighted by Gasteiger charge is 2.17. The second-order valence-electron chi connectivity index (χ2n) is 7.22. The van der Waals surface area contributed by atoms with Gasteiger partial charge in [0, 0.05) is 12.1 Å². The van der Waals surface area contributed by atoms with Crippen LogP contribution in [0.2, 0.25) is 0 Å². The van der Waals surface area contributed by atoms with Crippen molar-refractivity contribution < 1.29 is 19.0 Å². The van der Waals surface area contributed by atoms with Gasteiger partial charge in [0.15, 0.2) is 17.1 Å². The molecule has 0 aliphatic carbocycles. The van der Waals surface area contributed by atoms with Crippen LogP contribution in [0.3, 0.4) is 0 Å². The maximum absolute atomic E-state index is 13.0. The number of nitrogens with one attached hydrogen (secondary N) is 1. The molecule has 9 heteroatoms. The highest BCUT2D eigenvalue weighted by Crippen LogP contribution is 2.38. The first-order chi connectivity index (χ1) is 15.5. The summed E-state index contributed by atoms with van der Waals surface area (Å²) < 4.78 is 18.8. The van der Waals surface area contributed by atoms with E-state index in [2.05, 4.69) is 10.4 Å². The predicted octanol–water partition coefficient (Wildman–Crippen LogP) is 2.41. The normalized spacial score (nSPS) is 11.0. The monoisotopic (exact) mass is 436 g/mol. The molecule has 0 radical (unpaired) electrons. The average molecular weight is 436 g/mol. The van der Waals surface area contributed by atoms with Crippen molar-refractivity contribution in [2.75, 3.05) is 27.9 Å². The van der Waals surface area contributed by atoms with E-state index in [0.717, 1.165) is 16.5 Å². The van der Waals surface area contributed by atoms with Crippen molar-refractivity contribution in [2.45, 2.75) is 13.5 Å². The number of benzene rings is 2. The molecular formula is C23H24N4O5. The predicted molar refractivity (Wildman–Crippen MR) is 120 cm³/mol. The molecule has 166 valence electrons. The van der Waals surface area contributed by atoms with Gasteiger partial charge in [-0.1, -0.05) is 18.2 Å². The highest BCUT2D eigenvalue weighted by atomic mass is 16.5. The van der Waals surface area contributed by atoms with E-state index in [4.69, 9.17) is 14.2 Å². The molecule has 0 saturated heterocycles. The number of hydrogen-bond donors (Lipinski definition) is 1. The van der Waals surface area contributed by atoms with Crippen molar-refractivity contribution in [2.24, 2.45) is 0 Å². The smallest absolute Gasteiger partial charge is 0.350 e. The van der Waals surface area contributed by atoms with E-state index in [1.54, 1.807) is 16.5 Å². The van der Waals surface area contributed by atoms with Crippen LogP contribution in [0.25, 0.3) is 16.6 Å². The molecule has 0 spiro atoms. The zero-order chi connectivity index (χ0) is 22.8. The van der Waals surface area contributed by atoms with Crippen LogP contribution in [-0.4, -0.2) is 48.0 Å². The number of carbonyl (C=O) groups is 1. The third kappa shape index (κ3) is 3.62. The van der Waals surface area contributed by atoms with Crippen LogP contribution in [-0.2, 0) is 6.54 Å². The second-order valence-corrected chi connectivity index (χ2v) is 7.22. The van der Waals surface area contributed by atoms with Crippen LogP contribution < -0.4 is 25.2 Å². The Balaban J connectivity index is 1.56. The Morgan fingerprint density at radius 1 is 1.03 bits per heavy atom. The van der Waals surface area contributed by atoms with Gasteiger partial charge in [-0.25, -0.2) is 13.9 Å². The number of rotatable bonds is 7. The first-order valence-electron chi connectivity index (χ1n) is 10.0. The first kappa shape index (κ1) is 21.2. The van der Waals surface area contributed by atoms with Crippen LogP contribution in [0.1, 0.15) is 15.9 Å². The van der Waals surface area contributed by atoms with Gasteiger partial charge >= 0.3 is 5.69 Å². The van der Waals surface area contributed by atoms with Crippen molar-refractivity contribution in [1.82, 2.24) is 19.5 Å². The summed E-state index contributed by atoms with van der Waals surface area (Å²) >= 11 is 0. The third-order valence-corrected chi connectivity index (χ3v) is 5.28. The Morgan fingerprint density at radius 2 is 1.72 bits per heavy atom. The molecule has 0 fully saturated rings. The van der Waals surface area contributed by atoms with E-state index in [1.807, 2.05) is 37.3 Å². The van der Waals surface area contributed by atoms with Crippen molar-refractivity contribution in [3.8, 4) is 17.2 Å². The molecule has 2 heterocycles. The SMILES string of the molecule is COc1cc(C(=O)NCCn2nc3c(C)cc4ccccc4n3c2=O)cc(OC)c1OC. The third-order valence-electron chi connectivity index (χ3n) is 5.28. The van der Waals surface area contributed by atoms with E-state index < -0.39 is 0 Å². The molecule has 9 nitrogen and oxygen atoms in total. The molecule has 32 heavy (non-hydrogen) atoms. The molecule has 0 atom stereocenters. The van der Waals surface area contributed by atoms with Gasteiger partial charge in [-0.15, -0.1) is 5.10 Å². The molecule has 2 aromatic carbocycles. The minimum atomic E-state index is -0.331. The summed E-state index contributed by atoms with van der Waals surface area (Å²) in [4.78, 5) is 25.7. The number of nitrogens with zero attached hydrogens (tertiary/aromatic N) is 3. The quantitative estimate of drug-likeness (QED) is 0.478. The molecular weight excluding hydrogens is 412 g/mol. The number of para-hydroxylation sites is 1. The summed E-state index contributed by atoms with van der Waals surface area (Å²) in [6.07, 6.45) is 0. The van der Waals surface area contributed by atoms with Crippen molar-refractivity contribution in [1.29, 1.82) is 0 Å². The lowest BCUT2D eigenvalue weighted by atomic mass is 10.1. The number of hydrogen-bond acceptors (Lipinski definition) is 6. The van der Waals surface area contributed by atoms with Crippen molar-refractivity contribution in [3.05, 3.63) is 64.1 Å². The summed E-state index contributed by atoms with van der Waals surface area (Å²) in [6.45, 7) is 2.37. The zero-order valence-electron chi connectivity index (χ0n) is 18.3. The highest BCUT2D eigenvalue weighted by molar-refractivity contribution is 5.95. The van der Waals surface area contributed by atoms with Crippen LogP contribution in [0.5, 0.6) is 17.2 Å². The van der Waals surface area contributed by atoms with Gasteiger partial charge in [0.25, 0.3) is 5.91 Å². The van der Waals surface area contributed by atoms with Crippen LogP contribution in [0, 0.1) is 6.92 Å². The molecule has 1 amide bonds. The van der Waals surface area contributed by atoms with Gasteiger partial charge in [-0.2, -0.15) is 0 Å². The number of fused-ring (bicyclic) bond motifs is 3. The molecule has 0 saturated carbocycles. The Labute approximate surface area is 184 Å². The lowest BCUT2D eigenvalue weighted by Gasteiger charge is -2.14. The Hall–Kier alpha value is -4.01. The number of aromatic nitrogens is 3. The Bertz CT molecular complexity index is 1350. The van der Waals surface area contributed by atoms with Crippen LogP contribution in [0.15, 0.2) is 47.3 Å². The largest absolute Gasteiger partial charge is 0.493 e. The second kappa shape index (κ2) is 8.62. The lowest BCUT2D eigenvalue weighted by molar-refractivity contribution is 0.0951. The van der Waals surface area contributed by atoms with E-state index in [1.165, 1.54) is 26.0 Å². The Kier molecular flexibility index (Phi) is 5.72. The van der Waals surface area contributed by atoms with Crippen LogP contribution in [0.4, 0.5) is 0 Å². The molecule has 0 aliphatic rings. The molecule has 4 aromatic rings. The number of ether oxygens (including phenoxy) is 3. The van der Waals surface area contributed by atoms with E-state index in [-0.39, 0.29) is 24.7 Å². The molecule has 0 unspecified atom stereocenters. The summed E-state index contributed by atoms with van der Waals surface area (Å²) in [5.41, 5.74) is 2.40. The van der Waals surface area contributed by atoms with Crippen molar-refractivity contribution in [3.63, 3.8) is 0 Å². The molecule has 4 rings (SSSR count). The number of pyridine rings is 1. The van der Waals surface area contributed by atoms with Gasteiger partial charge in [0.1, 0.15) is 0 Å². The molecule has 2 aromatic heterocycles. The molecule has 1 N–H and O–H groups in total. The fourth-order valence-corrected chi connectivity index (χ4v) is 3.73. The summed E-state index contributed by atoms with van der Waals surface area (Å²) in [7, 11) is 4.47. The van der Waals surface area contributed by atoms with E-state index >= 15 is 0 Å². The number of aryl methyl sites for hydroxylation is 1. The van der Waals surface area contributed by atoms with Gasteiger partial charge < -0.3 is 19.5 Å². The van der Waals surface area contributed by atoms with E-state index in [9.17, 15) is 9.59 Å². The topological polar surface area (TPSA) is 96.1 Å². The number of amides is 1. The lowest BCUT2D eigenvalue weighted by Crippen LogP contribution is -2.31. The zero-order valence-corrected chi connectivity index (χ0v) is 18.3. The van der Waals surface area contributed by atoms with Crippen molar-refractivity contribution >= 4 is 22.5 Å².